The first kappa shape index (κ1) is 10.7. The Bertz CT molecular complexity index is 78.9. The molecule has 66 valence electrons. The van der Waals surface area contributed by atoms with E-state index in [1.807, 2.05) is 6.08 Å². The van der Waals surface area contributed by atoms with Gasteiger partial charge in [0.15, 0.2) is 0 Å². The van der Waals surface area contributed by atoms with Crippen molar-refractivity contribution in [2.45, 2.75) is 44.9 Å². The van der Waals surface area contributed by atoms with Crippen molar-refractivity contribution in [1.29, 1.82) is 0 Å². The Labute approximate surface area is 69.5 Å². The third kappa shape index (κ3) is 9.67. The zero-order valence-electron chi connectivity index (χ0n) is 7.32. The van der Waals surface area contributed by atoms with Crippen LogP contribution >= 0.6 is 0 Å². The molecule has 0 N–H and O–H groups in total. The van der Waals surface area contributed by atoms with Gasteiger partial charge in [0.25, 0.3) is 0 Å². The van der Waals surface area contributed by atoms with Gasteiger partial charge in [-0.2, -0.15) is 0 Å². The first-order valence-electron chi connectivity index (χ1n) is 4.58. The minimum absolute atomic E-state index is 0.146. The van der Waals surface area contributed by atoms with Crippen LogP contribution in [0.15, 0.2) is 12.7 Å². The number of halogens is 1. The molecule has 0 radical (unpaired) electrons. The van der Waals surface area contributed by atoms with Gasteiger partial charge in [-0.1, -0.05) is 31.8 Å². The van der Waals surface area contributed by atoms with E-state index in [0.717, 1.165) is 19.3 Å². The molecular weight excluding hydrogens is 139 g/mol. The molecular formula is C10H19F. The van der Waals surface area contributed by atoms with E-state index in [0.29, 0.717) is 0 Å². The number of rotatable bonds is 8. The van der Waals surface area contributed by atoms with Gasteiger partial charge in [0.05, 0.1) is 6.67 Å². The Morgan fingerprint density at radius 2 is 1.45 bits per heavy atom. The summed E-state index contributed by atoms with van der Waals surface area (Å²) >= 11 is 0. The van der Waals surface area contributed by atoms with E-state index in [1.165, 1.54) is 25.7 Å². The van der Waals surface area contributed by atoms with E-state index >= 15 is 0 Å². The molecule has 0 bridgehead atoms. The minimum Gasteiger partial charge on any atom is -0.251 e. The second kappa shape index (κ2) is 9.67. The predicted octanol–water partition coefficient (Wildman–Crippen LogP) is 3.87. The van der Waals surface area contributed by atoms with Gasteiger partial charge in [-0.3, -0.25) is 4.39 Å². The fourth-order valence-electron chi connectivity index (χ4n) is 1.09. The molecule has 0 aliphatic carbocycles. The van der Waals surface area contributed by atoms with Gasteiger partial charge in [0, 0.05) is 0 Å². The second-order valence-electron chi connectivity index (χ2n) is 2.89. The molecule has 0 aliphatic rings. The maximum absolute atomic E-state index is 11.6. The Morgan fingerprint density at radius 1 is 0.909 bits per heavy atom. The van der Waals surface area contributed by atoms with Crippen LogP contribution in [0.3, 0.4) is 0 Å². The molecule has 0 rings (SSSR count). The van der Waals surface area contributed by atoms with Crippen LogP contribution in [0.25, 0.3) is 0 Å². The van der Waals surface area contributed by atoms with Crippen molar-refractivity contribution < 1.29 is 4.39 Å². The molecule has 0 heterocycles. The molecule has 0 aromatic rings. The van der Waals surface area contributed by atoms with E-state index in [9.17, 15) is 4.39 Å². The lowest BCUT2D eigenvalue weighted by Crippen LogP contribution is -1.80. The highest BCUT2D eigenvalue weighted by Crippen LogP contribution is 2.06. The molecule has 0 saturated carbocycles. The Hall–Kier alpha value is -0.330. The average molecular weight is 158 g/mol. The van der Waals surface area contributed by atoms with Crippen LogP contribution in [0.1, 0.15) is 44.9 Å². The van der Waals surface area contributed by atoms with Crippen molar-refractivity contribution in [1.82, 2.24) is 0 Å². The second-order valence-corrected chi connectivity index (χ2v) is 2.89. The fourth-order valence-corrected chi connectivity index (χ4v) is 1.09. The molecule has 0 saturated heterocycles. The summed E-state index contributed by atoms with van der Waals surface area (Å²) in [6.45, 7) is 3.51. The van der Waals surface area contributed by atoms with Crippen LogP contribution in [0.5, 0.6) is 0 Å². The van der Waals surface area contributed by atoms with Crippen LogP contribution in [0, 0.1) is 0 Å². The van der Waals surface area contributed by atoms with E-state index in [-0.39, 0.29) is 6.67 Å². The Kier molecular flexibility index (Phi) is 9.38. The van der Waals surface area contributed by atoms with E-state index in [2.05, 4.69) is 6.58 Å². The van der Waals surface area contributed by atoms with Crippen LogP contribution in [0.4, 0.5) is 4.39 Å². The minimum atomic E-state index is -0.146. The van der Waals surface area contributed by atoms with Gasteiger partial charge >= 0.3 is 0 Å². The first-order chi connectivity index (χ1) is 5.41. The molecule has 0 fully saturated rings. The smallest absolute Gasteiger partial charge is 0.0894 e. The number of unbranched alkanes of at least 4 members (excludes halogenated alkanes) is 6. The topological polar surface area (TPSA) is 0 Å². The number of hydrogen-bond donors (Lipinski definition) is 0. The van der Waals surface area contributed by atoms with Crippen molar-refractivity contribution in [2.75, 3.05) is 6.67 Å². The number of alkyl halides is 1. The first-order valence-corrected chi connectivity index (χ1v) is 4.58. The predicted molar refractivity (Wildman–Crippen MR) is 48.5 cm³/mol. The van der Waals surface area contributed by atoms with Crippen LogP contribution in [-0.2, 0) is 0 Å². The summed E-state index contributed by atoms with van der Waals surface area (Å²) < 4.78 is 11.6. The molecule has 11 heavy (non-hydrogen) atoms. The lowest BCUT2D eigenvalue weighted by molar-refractivity contribution is 0.450. The van der Waals surface area contributed by atoms with Crippen LogP contribution in [0.2, 0.25) is 0 Å². The monoisotopic (exact) mass is 158 g/mol. The van der Waals surface area contributed by atoms with Gasteiger partial charge < -0.3 is 0 Å². The maximum Gasteiger partial charge on any atom is 0.0894 e. The highest BCUT2D eigenvalue weighted by molar-refractivity contribution is 4.65. The summed E-state index contributed by atoms with van der Waals surface area (Å²) in [5.74, 6) is 0. The van der Waals surface area contributed by atoms with Gasteiger partial charge in [-0.05, 0) is 19.3 Å². The van der Waals surface area contributed by atoms with Crippen molar-refractivity contribution in [3.63, 3.8) is 0 Å². The number of allylic oxidation sites excluding steroid dienone is 1. The van der Waals surface area contributed by atoms with Crippen molar-refractivity contribution in [3.05, 3.63) is 12.7 Å². The van der Waals surface area contributed by atoms with Crippen molar-refractivity contribution >= 4 is 0 Å². The Morgan fingerprint density at radius 3 is 2.00 bits per heavy atom. The van der Waals surface area contributed by atoms with Crippen LogP contribution in [-0.4, -0.2) is 6.67 Å². The number of hydrogen-bond acceptors (Lipinski definition) is 0. The van der Waals surface area contributed by atoms with Gasteiger partial charge in [0.1, 0.15) is 0 Å². The summed E-state index contributed by atoms with van der Waals surface area (Å²) in [5.41, 5.74) is 0. The zero-order chi connectivity index (χ0) is 8.36. The lowest BCUT2D eigenvalue weighted by atomic mass is 10.1. The highest BCUT2D eigenvalue weighted by atomic mass is 19.1. The maximum atomic E-state index is 11.6. The SMILES string of the molecule is C=CCCCCCCCCF. The molecule has 0 aromatic carbocycles. The molecule has 0 aliphatic heterocycles. The summed E-state index contributed by atoms with van der Waals surface area (Å²) in [7, 11) is 0. The third-order valence-corrected chi connectivity index (χ3v) is 1.79. The van der Waals surface area contributed by atoms with E-state index in [1.54, 1.807) is 0 Å². The van der Waals surface area contributed by atoms with Crippen molar-refractivity contribution in [3.8, 4) is 0 Å². The molecule has 0 aromatic heterocycles. The summed E-state index contributed by atoms with van der Waals surface area (Å²) in [4.78, 5) is 0. The van der Waals surface area contributed by atoms with E-state index in [4.69, 9.17) is 0 Å². The molecule has 0 amide bonds. The van der Waals surface area contributed by atoms with Crippen molar-refractivity contribution in [2.24, 2.45) is 0 Å². The van der Waals surface area contributed by atoms with Gasteiger partial charge in [0.2, 0.25) is 0 Å². The van der Waals surface area contributed by atoms with Gasteiger partial charge in [-0.25, -0.2) is 0 Å². The summed E-state index contributed by atoms with van der Waals surface area (Å²) in [6.07, 6.45) is 9.88. The fraction of sp³-hybridized carbons (Fsp3) is 0.800. The molecule has 1 heteroatoms. The highest BCUT2D eigenvalue weighted by Gasteiger charge is 1.89. The average Bonchev–Trinajstić information content (AvgIpc) is 2.03. The van der Waals surface area contributed by atoms with E-state index < -0.39 is 0 Å². The third-order valence-electron chi connectivity index (χ3n) is 1.79. The van der Waals surface area contributed by atoms with Crippen LogP contribution < -0.4 is 0 Å². The lowest BCUT2D eigenvalue weighted by Gasteiger charge is -1.97. The molecule has 0 atom stereocenters. The quantitative estimate of drug-likeness (QED) is 0.371. The molecule has 0 nitrogen and oxygen atoms in total. The summed E-state index contributed by atoms with van der Waals surface area (Å²) in [5, 5.41) is 0. The Balaban J connectivity index is 2.74. The molecule has 0 unspecified atom stereocenters. The van der Waals surface area contributed by atoms with Gasteiger partial charge in [-0.15, -0.1) is 6.58 Å². The standard InChI is InChI=1S/C10H19F/c1-2-3-4-5-6-7-8-9-10-11/h2H,1,3-10H2. The zero-order valence-corrected chi connectivity index (χ0v) is 7.32. The normalized spacial score (nSPS) is 9.91. The summed E-state index contributed by atoms with van der Waals surface area (Å²) in [6, 6.07) is 0. The molecule has 0 spiro atoms. The largest absolute Gasteiger partial charge is 0.251 e.